The van der Waals surface area contributed by atoms with Crippen LogP contribution in [0.25, 0.3) is 0 Å². The summed E-state index contributed by atoms with van der Waals surface area (Å²) in [5.41, 5.74) is 3.49. The maximum atomic E-state index is 5.98. The van der Waals surface area contributed by atoms with Gasteiger partial charge in [0.15, 0.2) is 11.5 Å². The van der Waals surface area contributed by atoms with Gasteiger partial charge in [-0.3, -0.25) is 0 Å². The Morgan fingerprint density at radius 1 is 0.895 bits per heavy atom. The molecule has 0 aliphatic rings. The Hall–Kier alpha value is -1.48. The van der Waals surface area contributed by atoms with E-state index in [1.165, 1.54) is 5.56 Å². The largest absolute Gasteiger partial charge is 0.493 e. The second-order valence-electron chi connectivity index (χ2n) is 4.50. The van der Waals surface area contributed by atoms with E-state index in [0.29, 0.717) is 0 Å². The minimum Gasteiger partial charge on any atom is -0.493 e. The van der Waals surface area contributed by atoms with Crippen molar-refractivity contribution >= 4 is 15.9 Å². The van der Waals surface area contributed by atoms with Crippen LogP contribution in [-0.4, -0.2) is 7.11 Å². The van der Waals surface area contributed by atoms with E-state index in [0.717, 1.165) is 33.7 Å². The van der Waals surface area contributed by atoms with Crippen LogP contribution in [0.2, 0.25) is 0 Å². The Labute approximate surface area is 122 Å². The molecule has 2 aromatic rings. The molecule has 0 saturated carbocycles. The molecule has 2 rings (SSSR count). The van der Waals surface area contributed by atoms with Gasteiger partial charge in [0.25, 0.3) is 0 Å². The number of rotatable bonds is 4. The highest BCUT2D eigenvalue weighted by Crippen LogP contribution is 2.34. The van der Waals surface area contributed by atoms with Crippen molar-refractivity contribution in [3.05, 3.63) is 53.1 Å². The van der Waals surface area contributed by atoms with Gasteiger partial charge in [0, 0.05) is 10.9 Å². The first-order valence-corrected chi connectivity index (χ1v) is 7.24. The third kappa shape index (κ3) is 3.29. The van der Waals surface area contributed by atoms with E-state index in [9.17, 15) is 0 Å². The molecule has 0 saturated heterocycles. The Bertz CT molecular complexity index is 527. The van der Waals surface area contributed by atoms with Gasteiger partial charge in [0.1, 0.15) is 5.75 Å². The minimum absolute atomic E-state index is 0.735. The molecule has 0 amide bonds. The molecule has 0 spiro atoms. The summed E-state index contributed by atoms with van der Waals surface area (Å²) < 4.78 is 11.3. The number of hydrogen-bond donors (Lipinski definition) is 0. The normalized spacial score (nSPS) is 10.3. The monoisotopic (exact) mass is 320 g/mol. The van der Waals surface area contributed by atoms with Crippen LogP contribution in [0.1, 0.15) is 16.7 Å². The van der Waals surface area contributed by atoms with E-state index in [4.69, 9.17) is 9.47 Å². The zero-order chi connectivity index (χ0) is 13.8. The molecular formula is C16H17BrO2. The standard InChI is InChI=1S/C16H17BrO2/c1-11-4-6-14(13(8-11)10-17)19-15-7-5-12(2)9-16(15)18-3/h4-9H,10H2,1-3H3. The lowest BCUT2D eigenvalue weighted by Gasteiger charge is -2.13. The molecule has 0 atom stereocenters. The summed E-state index contributed by atoms with van der Waals surface area (Å²) >= 11 is 3.49. The van der Waals surface area contributed by atoms with Crippen LogP contribution in [0.15, 0.2) is 36.4 Å². The van der Waals surface area contributed by atoms with E-state index in [1.54, 1.807) is 7.11 Å². The molecule has 0 bridgehead atoms. The Kier molecular flexibility index (Phi) is 4.48. The minimum atomic E-state index is 0.735. The molecule has 0 fully saturated rings. The highest BCUT2D eigenvalue weighted by atomic mass is 79.9. The molecule has 0 aromatic heterocycles. The van der Waals surface area contributed by atoms with E-state index in [2.05, 4.69) is 28.9 Å². The third-order valence-electron chi connectivity index (χ3n) is 2.90. The van der Waals surface area contributed by atoms with Gasteiger partial charge in [0.05, 0.1) is 7.11 Å². The predicted molar refractivity (Wildman–Crippen MR) is 81.6 cm³/mol. The summed E-state index contributed by atoms with van der Waals surface area (Å²) in [6.45, 7) is 4.10. The quantitative estimate of drug-likeness (QED) is 0.738. The van der Waals surface area contributed by atoms with Crippen molar-refractivity contribution in [1.82, 2.24) is 0 Å². The SMILES string of the molecule is COc1cc(C)ccc1Oc1ccc(C)cc1CBr. The fraction of sp³-hybridized carbons (Fsp3) is 0.250. The highest BCUT2D eigenvalue weighted by Gasteiger charge is 2.09. The Balaban J connectivity index is 2.36. The van der Waals surface area contributed by atoms with Crippen molar-refractivity contribution in [3.8, 4) is 17.2 Å². The first-order valence-electron chi connectivity index (χ1n) is 6.12. The number of aryl methyl sites for hydroxylation is 2. The molecular weight excluding hydrogens is 304 g/mol. The molecule has 0 heterocycles. The van der Waals surface area contributed by atoms with Gasteiger partial charge >= 0.3 is 0 Å². The number of halogens is 1. The van der Waals surface area contributed by atoms with E-state index in [1.807, 2.05) is 37.3 Å². The fourth-order valence-corrected chi connectivity index (χ4v) is 2.33. The van der Waals surface area contributed by atoms with Crippen molar-refractivity contribution < 1.29 is 9.47 Å². The fourth-order valence-electron chi connectivity index (χ4n) is 1.89. The van der Waals surface area contributed by atoms with Gasteiger partial charge in [-0.15, -0.1) is 0 Å². The summed E-state index contributed by atoms with van der Waals surface area (Å²) in [4.78, 5) is 0. The number of ether oxygens (including phenoxy) is 2. The predicted octanol–water partition coefficient (Wildman–Crippen LogP) is 5.00. The molecule has 100 valence electrons. The molecule has 0 N–H and O–H groups in total. The van der Waals surface area contributed by atoms with Gasteiger partial charge in [-0.1, -0.05) is 39.7 Å². The van der Waals surface area contributed by atoms with Gasteiger partial charge in [-0.05, 0) is 37.6 Å². The zero-order valence-corrected chi connectivity index (χ0v) is 13.0. The maximum absolute atomic E-state index is 5.98. The Morgan fingerprint density at radius 3 is 2.16 bits per heavy atom. The lowest BCUT2D eigenvalue weighted by molar-refractivity contribution is 0.377. The average molecular weight is 321 g/mol. The Morgan fingerprint density at radius 2 is 1.53 bits per heavy atom. The van der Waals surface area contributed by atoms with Crippen molar-refractivity contribution in [3.63, 3.8) is 0 Å². The van der Waals surface area contributed by atoms with Crippen LogP contribution in [0, 0.1) is 13.8 Å². The lowest BCUT2D eigenvalue weighted by atomic mass is 10.1. The van der Waals surface area contributed by atoms with Gasteiger partial charge in [-0.2, -0.15) is 0 Å². The highest BCUT2D eigenvalue weighted by molar-refractivity contribution is 9.08. The summed E-state index contributed by atoms with van der Waals surface area (Å²) in [6.07, 6.45) is 0. The number of benzene rings is 2. The molecule has 19 heavy (non-hydrogen) atoms. The summed E-state index contributed by atoms with van der Waals surface area (Å²) in [7, 11) is 1.65. The third-order valence-corrected chi connectivity index (χ3v) is 3.50. The second-order valence-corrected chi connectivity index (χ2v) is 5.06. The number of hydrogen-bond acceptors (Lipinski definition) is 2. The second kappa shape index (κ2) is 6.11. The molecule has 0 aliphatic heterocycles. The maximum Gasteiger partial charge on any atom is 0.169 e. The smallest absolute Gasteiger partial charge is 0.169 e. The average Bonchev–Trinajstić information content (AvgIpc) is 2.42. The van der Waals surface area contributed by atoms with Crippen LogP contribution in [0.3, 0.4) is 0 Å². The molecule has 2 nitrogen and oxygen atoms in total. The van der Waals surface area contributed by atoms with Crippen molar-refractivity contribution in [1.29, 1.82) is 0 Å². The molecule has 0 unspecified atom stereocenters. The summed E-state index contributed by atoms with van der Waals surface area (Å²) in [5.74, 6) is 2.34. The topological polar surface area (TPSA) is 18.5 Å². The molecule has 0 radical (unpaired) electrons. The van der Waals surface area contributed by atoms with Crippen molar-refractivity contribution in [2.24, 2.45) is 0 Å². The number of methoxy groups -OCH3 is 1. The van der Waals surface area contributed by atoms with Crippen LogP contribution < -0.4 is 9.47 Å². The first kappa shape index (κ1) is 13.9. The molecule has 3 heteroatoms. The van der Waals surface area contributed by atoms with Gasteiger partial charge in [0.2, 0.25) is 0 Å². The summed E-state index contributed by atoms with van der Waals surface area (Å²) in [5, 5.41) is 0.762. The lowest BCUT2D eigenvalue weighted by Crippen LogP contribution is -1.94. The first-order chi connectivity index (χ1) is 9.13. The number of alkyl halides is 1. The van der Waals surface area contributed by atoms with Gasteiger partial charge in [-0.25, -0.2) is 0 Å². The van der Waals surface area contributed by atoms with E-state index in [-0.39, 0.29) is 0 Å². The van der Waals surface area contributed by atoms with Crippen molar-refractivity contribution in [2.75, 3.05) is 7.11 Å². The van der Waals surface area contributed by atoms with Crippen molar-refractivity contribution in [2.45, 2.75) is 19.2 Å². The molecule has 2 aromatic carbocycles. The summed E-state index contributed by atoms with van der Waals surface area (Å²) in [6, 6.07) is 12.1. The van der Waals surface area contributed by atoms with Crippen LogP contribution >= 0.6 is 15.9 Å². The van der Waals surface area contributed by atoms with Crippen LogP contribution in [-0.2, 0) is 5.33 Å². The zero-order valence-electron chi connectivity index (χ0n) is 11.4. The van der Waals surface area contributed by atoms with E-state index >= 15 is 0 Å². The van der Waals surface area contributed by atoms with E-state index < -0.39 is 0 Å². The van der Waals surface area contributed by atoms with Crippen LogP contribution in [0.5, 0.6) is 17.2 Å². The molecule has 0 aliphatic carbocycles. The van der Waals surface area contributed by atoms with Crippen LogP contribution in [0.4, 0.5) is 0 Å². The van der Waals surface area contributed by atoms with Gasteiger partial charge < -0.3 is 9.47 Å².